The number of rotatable bonds is 4. The number of carboxylic acid groups (broad SMARTS) is 1. The number of imidazole rings is 1. The van der Waals surface area contributed by atoms with Crippen LogP contribution in [0.1, 0.15) is 67.7 Å². The number of aromatic amines is 1. The molecule has 0 unspecified atom stereocenters. The van der Waals surface area contributed by atoms with E-state index in [1.54, 1.807) is 0 Å². The van der Waals surface area contributed by atoms with Crippen molar-refractivity contribution >= 4 is 11.9 Å². The normalized spacial score (nSPS) is 21.5. The van der Waals surface area contributed by atoms with Crippen LogP contribution < -0.4 is 5.32 Å². The second-order valence-electron chi connectivity index (χ2n) is 6.21. The van der Waals surface area contributed by atoms with Crippen LogP contribution in [-0.4, -0.2) is 27.0 Å². The molecule has 0 atom stereocenters. The maximum Gasteiger partial charge on any atom is 0.353 e. The summed E-state index contributed by atoms with van der Waals surface area (Å²) in [6.07, 6.45) is 9.36. The van der Waals surface area contributed by atoms with E-state index in [4.69, 9.17) is 5.11 Å². The highest BCUT2D eigenvalue weighted by Crippen LogP contribution is 2.40. The highest BCUT2D eigenvalue weighted by Gasteiger charge is 2.43. The lowest BCUT2D eigenvalue weighted by atomic mass is 9.75. The van der Waals surface area contributed by atoms with E-state index in [0.29, 0.717) is 5.82 Å². The predicted molar refractivity (Wildman–Crippen MR) is 75.8 cm³/mol. The summed E-state index contributed by atoms with van der Waals surface area (Å²) in [5.41, 5.74) is -0.411. The van der Waals surface area contributed by atoms with Crippen molar-refractivity contribution in [1.29, 1.82) is 0 Å². The fraction of sp³-hybridized carbons (Fsp3) is 0.667. The largest absolute Gasteiger partial charge is 0.477 e. The summed E-state index contributed by atoms with van der Waals surface area (Å²) >= 11 is 0. The Labute approximate surface area is 123 Å². The van der Waals surface area contributed by atoms with Gasteiger partial charge in [-0.05, 0) is 32.1 Å². The molecule has 0 aliphatic heterocycles. The van der Waals surface area contributed by atoms with Crippen molar-refractivity contribution in [3.05, 3.63) is 17.7 Å². The molecule has 21 heavy (non-hydrogen) atoms. The Hall–Kier alpha value is -1.85. The molecule has 114 valence electrons. The quantitative estimate of drug-likeness (QED) is 0.792. The molecule has 6 heteroatoms. The minimum Gasteiger partial charge on any atom is -0.477 e. The Morgan fingerprint density at radius 1 is 1.24 bits per heavy atom. The van der Waals surface area contributed by atoms with Crippen molar-refractivity contribution in [1.82, 2.24) is 15.3 Å². The second-order valence-corrected chi connectivity index (χ2v) is 6.21. The number of nitrogens with zero attached hydrogens (tertiary/aromatic N) is 1. The van der Waals surface area contributed by atoms with Crippen LogP contribution in [0, 0.1) is 5.92 Å². The van der Waals surface area contributed by atoms with Gasteiger partial charge in [-0.1, -0.05) is 19.3 Å². The summed E-state index contributed by atoms with van der Waals surface area (Å²) < 4.78 is 0. The van der Waals surface area contributed by atoms with Crippen molar-refractivity contribution in [2.24, 2.45) is 5.92 Å². The number of aromatic nitrogens is 2. The molecule has 0 spiro atoms. The molecule has 2 aliphatic rings. The molecule has 1 heterocycles. The van der Waals surface area contributed by atoms with Gasteiger partial charge in [-0.15, -0.1) is 0 Å². The third-order valence-electron chi connectivity index (χ3n) is 4.81. The zero-order valence-electron chi connectivity index (χ0n) is 12.0. The van der Waals surface area contributed by atoms with Gasteiger partial charge in [-0.2, -0.15) is 0 Å². The van der Waals surface area contributed by atoms with E-state index in [0.717, 1.165) is 44.9 Å². The molecule has 0 saturated heterocycles. The van der Waals surface area contributed by atoms with Crippen LogP contribution in [0.15, 0.2) is 6.20 Å². The van der Waals surface area contributed by atoms with Crippen LogP contribution in [0.5, 0.6) is 0 Å². The van der Waals surface area contributed by atoms with Gasteiger partial charge in [-0.3, -0.25) is 4.79 Å². The number of hydrogen-bond acceptors (Lipinski definition) is 3. The summed E-state index contributed by atoms with van der Waals surface area (Å²) in [6.45, 7) is 0. The first kappa shape index (κ1) is 14.1. The van der Waals surface area contributed by atoms with Gasteiger partial charge in [0.2, 0.25) is 5.91 Å². The van der Waals surface area contributed by atoms with E-state index in [9.17, 15) is 9.59 Å². The van der Waals surface area contributed by atoms with Crippen molar-refractivity contribution < 1.29 is 14.7 Å². The summed E-state index contributed by atoms with van der Waals surface area (Å²) in [5, 5.41) is 12.1. The standard InChI is InChI=1S/C15H21N3O3/c19-12(10-5-2-1-3-6-10)18-15(7-4-8-15)14-16-9-11(17-14)13(20)21/h9-10H,1-8H2,(H,16,17)(H,18,19)(H,20,21). The van der Waals surface area contributed by atoms with Gasteiger partial charge < -0.3 is 15.4 Å². The van der Waals surface area contributed by atoms with Crippen molar-refractivity contribution in [3.8, 4) is 0 Å². The first-order valence-corrected chi connectivity index (χ1v) is 7.71. The third-order valence-corrected chi connectivity index (χ3v) is 4.81. The Kier molecular flexibility index (Phi) is 3.69. The van der Waals surface area contributed by atoms with Crippen LogP contribution in [-0.2, 0) is 10.3 Å². The summed E-state index contributed by atoms with van der Waals surface area (Å²) in [6, 6.07) is 0. The smallest absolute Gasteiger partial charge is 0.353 e. The van der Waals surface area contributed by atoms with Crippen molar-refractivity contribution in [2.45, 2.75) is 56.9 Å². The number of carboxylic acids is 1. The highest BCUT2D eigenvalue weighted by molar-refractivity contribution is 5.85. The van der Waals surface area contributed by atoms with E-state index in [1.807, 2.05) is 0 Å². The zero-order valence-corrected chi connectivity index (χ0v) is 12.0. The number of carbonyl (C=O) groups excluding carboxylic acids is 1. The van der Waals surface area contributed by atoms with Gasteiger partial charge in [0.1, 0.15) is 11.5 Å². The van der Waals surface area contributed by atoms with Crippen LogP contribution in [0.3, 0.4) is 0 Å². The third kappa shape index (κ3) is 2.66. The maximum atomic E-state index is 12.5. The highest BCUT2D eigenvalue weighted by atomic mass is 16.4. The van der Waals surface area contributed by atoms with E-state index < -0.39 is 11.5 Å². The fourth-order valence-corrected chi connectivity index (χ4v) is 3.33. The molecule has 1 aromatic heterocycles. The van der Waals surface area contributed by atoms with E-state index >= 15 is 0 Å². The molecule has 2 fully saturated rings. The minimum atomic E-state index is -1.03. The lowest BCUT2D eigenvalue weighted by Gasteiger charge is -2.42. The lowest BCUT2D eigenvalue weighted by Crippen LogP contribution is -2.53. The van der Waals surface area contributed by atoms with Crippen molar-refractivity contribution in [3.63, 3.8) is 0 Å². The Balaban J connectivity index is 1.73. The summed E-state index contributed by atoms with van der Waals surface area (Å²) in [4.78, 5) is 30.4. The van der Waals surface area contributed by atoms with E-state index in [2.05, 4.69) is 15.3 Å². The number of aromatic carboxylic acids is 1. The number of H-pyrrole nitrogens is 1. The molecule has 0 radical (unpaired) electrons. The molecule has 1 aromatic rings. The SMILES string of the molecule is O=C(O)c1cnc(C2(NC(=O)C3CCCCC3)CCC2)[nH]1. The Bertz CT molecular complexity index is 542. The number of carbonyl (C=O) groups is 2. The number of nitrogens with one attached hydrogen (secondary N) is 2. The molecule has 0 bridgehead atoms. The van der Waals surface area contributed by atoms with Crippen LogP contribution >= 0.6 is 0 Å². The summed E-state index contributed by atoms with van der Waals surface area (Å²) in [5.74, 6) is -0.245. The molecule has 3 N–H and O–H groups in total. The average molecular weight is 291 g/mol. The molecule has 3 rings (SSSR count). The number of hydrogen-bond donors (Lipinski definition) is 3. The second kappa shape index (κ2) is 5.50. The van der Waals surface area contributed by atoms with Crippen molar-refractivity contribution in [2.75, 3.05) is 0 Å². The molecule has 0 aromatic carbocycles. The topological polar surface area (TPSA) is 95.1 Å². The predicted octanol–water partition coefficient (Wildman–Crippen LogP) is 2.18. The molecular formula is C15H21N3O3. The summed E-state index contributed by atoms with van der Waals surface area (Å²) in [7, 11) is 0. The monoisotopic (exact) mass is 291 g/mol. The number of amides is 1. The molecular weight excluding hydrogens is 270 g/mol. The van der Waals surface area contributed by atoms with Crippen LogP contribution in [0.2, 0.25) is 0 Å². The van der Waals surface area contributed by atoms with E-state index in [1.165, 1.54) is 12.6 Å². The van der Waals surface area contributed by atoms with E-state index in [-0.39, 0.29) is 17.5 Å². The van der Waals surface area contributed by atoms with Gasteiger partial charge in [-0.25, -0.2) is 9.78 Å². The average Bonchev–Trinajstić information content (AvgIpc) is 2.93. The lowest BCUT2D eigenvalue weighted by molar-refractivity contribution is -0.129. The van der Waals surface area contributed by atoms with Crippen LogP contribution in [0.4, 0.5) is 0 Å². The first-order valence-electron chi connectivity index (χ1n) is 7.71. The first-order chi connectivity index (χ1) is 10.1. The van der Waals surface area contributed by atoms with Gasteiger partial charge in [0, 0.05) is 5.92 Å². The minimum absolute atomic E-state index is 0.0724. The fourth-order valence-electron chi connectivity index (χ4n) is 3.33. The Morgan fingerprint density at radius 3 is 2.48 bits per heavy atom. The van der Waals surface area contributed by atoms with Gasteiger partial charge >= 0.3 is 5.97 Å². The van der Waals surface area contributed by atoms with Gasteiger partial charge in [0.15, 0.2) is 0 Å². The molecule has 6 nitrogen and oxygen atoms in total. The molecule has 1 amide bonds. The Morgan fingerprint density at radius 2 is 1.95 bits per heavy atom. The van der Waals surface area contributed by atoms with Crippen LogP contribution in [0.25, 0.3) is 0 Å². The zero-order chi connectivity index (χ0) is 14.9. The maximum absolute atomic E-state index is 12.5. The molecule has 2 aliphatic carbocycles. The van der Waals surface area contributed by atoms with Gasteiger partial charge in [0.25, 0.3) is 0 Å². The molecule has 2 saturated carbocycles. The van der Waals surface area contributed by atoms with Gasteiger partial charge in [0.05, 0.1) is 11.7 Å².